The second-order valence-electron chi connectivity index (χ2n) is 5.46. The zero-order valence-corrected chi connectivity index (χ0v) is 14.7. The molecule has 2 N–H and O–H groups in total. The van der Waals surface area contributed by atoms with E-state index in [1.807, 2.05) is 24.3 Å². The Kier molecular flexibility index (Phi) is 6.30. The van der Waals surface area contributed by atoms with E-state index in [0.29, 0.717) is 11.6 Å². The molecule has 0 spiro atoms. The van der Waals surface area contributed by atoms with E-state index in [-0.39, 0.29) is 0 Å². The molecule has 0 radical (unpaired) electrons. The summed E-state index contributed by atoms with van der Waals surface area (Å²) in [6.45, 7) is 7.91. The van der Waals surface area contributed by atoms with Crippen LogP contribution in [-0.2, 0) is 5.75 Å². The van der Waals surface area contributed by atoms with Crippen LogP contribution in [0.2, 0.25) is 0 Å². The van der Waals surface area contributed by atoms with E-state index in [1.54, 1.807) is 18.9 Å². The molecule has 23 heavy (non-hydrogen) atoms. The lowest BCUT2D eigenvalue weighted by Crippen LogP contribution is -1.97. The summed E-state index contributed by atoms with van der Waals surface area (Å²) in [7, 11) is 1.66. The van der Waals surface area contributed by atoms with Crippen LogP contribution in [0.15, 0.2) is 41.9 Å². The van der Waals surface area contributed by atoms with E-state index in [4.69, 9.17) is 4.74 Å². The van der Waals surface area contributed by atoms with Crippen molar-refractivity contribution in [2.45, 2.75) is 43.1 Å². The van der Waals surface area contributed by atoms with Crippen molar-refractivity contribution in [1.29, 1.82) is 0 Å². The van der Waals surface area contributed by atoms with Crippen LogP contribution < -0.4 is 4.74 Å². The standard InChI is InChI=1S/C18H24N2O2S/c1-5-12(3)17-19-16(15(21)6-2)18(20-17)23-11-13-7-9-14(22-4)10-8-13/h6-10,12,15,21H,2,5,11H2,1,3-4H3,(H,19,20). The van der Waals surface area contributed by atoms with Crippen molar-refractivity contribution in [3.05, 3.63) is 54.0 Å². The molecule has 1 heterocycles. The highest BCUT2D eigenvalue weighted by atomic mass is 32.2. The smallest absolute Gasteiger partial charge is 0.118 e. The van der Waals surface area contributed by atoms with E-state index in [9.17, 15) is 5.11 Å². The summed E-state index contributed by atoms with van der Waals surface area (Å²) in [6.07, 6.45) is 1.76. The average Bonchev–Trinajstić information content (AvgIpc) is 3.03. The second kappa shape index (κ2) is 8.22. The number of rotatable bonds is 8. The summed E-state index contributed by atoms with van der Waals surface area (Å²) in [5.41, 5.74) is 1.85. The highest BCUT2D eigenvalue weighted by Crippen LogP contribution is 2.31. The SMILES string of the molecule is C=CC(O)c1nc(C(C)CC)[nH]c1SCc1ccc(OC)cc1. The molecule has 0 saturated heterocycles. The molecule has 0 bridgehead atoms. The van der Waals surface area contributed by atoms with E-state index in [2.05, 4.69) is 30.4 Å². The Labute approximate surface area is 142 Å². The summed E-state index contributed by atoms with van der Waals surface area (Å²) in [5, 5.41) is 11.0. The number of aromatic nitrogens is 2. The maximum absolute atomic E-state index is 10.1. The Morgan fingerprint density at radius 3 is 2.65 bits per heavy atom. The Balaban J connectivity index is 2.16. The molecule has 1 aromatic carbocycles. The molecule has 4 nitrogen and oxygen atoms in total. The lowest BCUT2D eigenvalue weighted by molar-refractivity contribution is 0.221. The van der Waals surface area contributed by atoms with E-state index < -0.39 is 6.10 Å². The lowest BCUT2D eigenvalue weighted by atomic mass is 10.1. The second-order valence-corrected chi connectivity index (χ2v) is 6.45. The summed E-state index contributed by atoms with van der Waals surface area (Å²) in [6, 6.07) is 7.99. The first-order chi connectivity index (χ1) is 11.1. The molecule has 2 aromatic rings. The van der Waals surface area contributed by atoms with Crippen molar-refractivity contribution in [3.63, 3.8) is 0 Å². The number of nitrogens with one attached hydrogen (secondary N) is 1. The van der Waals surface area contributed by atoms with Crippen molar-refractivity contribution in [2.75, 3.05) is 7.11 Å². The van der Waals surface area contributed by atoms with Crippen LogP contribution in [0.3, 0.4) is 0 Å². The van der Waals surface area contributed by atoms with Crippen LogP contribution in [0, 0.1) is 0 Å². The molecule has 0 aliphatic rings. The quantitative estimate of drug-likeness (QED) is 0.554. The van der Waals surface area contributed by atoms with Crippen molar-refractivity contribution in [3.8, 4) is 5.75 Å². The number of hydrogen-bond acceptors (Lipinski definition) is 4. The topological polar surface area (TPSA) is 58.1 Å². The molecule has 1 aromatic heterocycles. The van der Waals surface area contributed by atoms with E-state index in [1.165, 1.54) is 11.6 Å². The van der Waals surface area contributed by atoms with Crippen molar-refractivity contribution in [1.82, 2.24) is 9.97 Å². The lowest BCUT2D eigenvalue weighted by Gasteiger charge is -2.06. The van der Waals surface area contributed by atoms with E-state index >= 15 is 0 Å². The first-order valence-corrected chi connectivity index (χ1v) is 8.73. The van der Waals surface area contributed by atoms with Gasteiger partial charge in [-0.3, -0.25) is 0 Å². The van der Waals surface area contributed by atoms with Gasteiger partial charge in [0.25, 0.3) is 0 Å². The zero-order valence-electron chi connectivity index (χ0n) is 13.9. The molecule has 0 amide bonds. The molecule has 0 fully saturated rings. The number of imidazole rings is 1. The number of hydrogen-bond donors (Lipinski definition) is 2. The number of nitrogens with zero attached hydrogens (tertiary/aromatic N) is 1. The monoisotopic (exact) mass is 332 g/mol. The average molecular weight is 332 g/mol. The number of thioether (sulfide) groups is 1. The molecule has 0 aliphatic heterocycles. The number of aromatic amines is 1. The van der Waals surface area contributed by atoms with Gasteiger partial charge in [-0.1, -0.05) is 32.1 Å². The number of methoxy groups -OCH3 is 1. The minimum atomic E-state index is -0.748. The molecule has 0 aliphatic carbocycles. The maximum atomic E-state index is 10.1. The van der Waals surface area contributed by atoms with Crippen LogP contribution in [0.1, 0.15) is 49.4 Å². The van der Waals surface area contributed by atoms with Crippen LogP contribution >= 0.6 is 11.8 Å². The highest BCUT2D eigenvalue weighted by molar-refractivity contribution is 7.98. The summed E-state index contributed by atoms with van der Waals surface area (Å²) >= 11 is 1.64. The Morgan fingerprint density at radius 2 is 2.09 bits per heavy atom. The van der Waals surface area contributed by atoms with Crippen molar-refractivity contribution < 1.29 is 9.84 Å². The number of benzene rings is 1. The zero-order chi connectivity index (χ0) is 16.8. The Hall–Kier alpha value is -1.72. The third-order valence-corrected chi connectivity index (χ3v) is 4.92. The number of aliphatic hydroxyl groups is 1. The number of H-pyrrole nitrogens is 1. The van der Waals surface area contributed by atoms with Crippen molar-refractivity contribution >= 4 is 11.8 Å². The number of aliphatic hydroxyl groups excluding tert-OH is 1. The summed E-state index contributed by atoms with van der Waals surface area (Å²) in [5.74, 6) is 2.90. The first kappa shape index (κ1) is 17.6. The fourth-order valence-electron chi connectivity index (χ4n) is 2.11. The molecule has 124 valence electrons. The van der Waals surface area contributed by atoms with Gasteiger partial charge in [0, 0.05) is 11.7 Å². The summed E-state index contributed by atoms with van der Waals surface area (Å²) in [4.78, 5) is 7.93. The van der Waals surface area contributed by atoms with Gasteiger partial charge in [-0.15, -0.1) is 18.3 Å². The van der Waals surface area contributed by atoms with Gasteiger partial charge in [0.05, 0.1) is 12.1 Å². The molecule has 5 heteroatoms. The van der Waals surface area contributed by atoms with Gasteiger partial charge >= 0.3 is 0 Å². The largest absolute Gasteiger partial charge is 0.497 e. The maximum Gasteiger partial charge on any atom is 0.118 e. The van der Waals surface area contributed by atoms with Gasteiger partial charge in [0.2, 0.25) is 0 Å². The minimum Gasteiger partial charge on any atom is -0.497 e. The number of ether oxygens (including phenoxy) is 1. The molecule has 2 rings (SSSR count). The van der Waals surface area contributed by atoms with Crippen LogP contribution in [-0.4, -0.2) is 22.2 Å². The van der Waals surface area contributed by atoms with Crippen LogP contribution in [0.4, 0.5) is 0 Å². The predicted molar refractivity (Wildman–Crippen MR) is 95.0 cm³/mol. The predicted octanol–water partition coefficient (Wildman–Crippen LogP) is 4.44. The van der Waals surface area contributed by atoms with E-state index in [0.717, 1.165) is 28.8 Å². The van der Waals surface area contributed by atoms with Gasteiger partial charge in [-0.25, -0.2) is 4.98 Å². The van der Waals surface area contributed by atoms with Crippen LogP contribution in [0.25, 0.3) is 0 Å². The fourth-order valence-corrected chi connectivity index (χ4v) is 3.11. The molecule has 2 atom stereocenters. The minimum absolute atomic E-state index is 0.334. The molecule has 0 saturated carbocycles. The third kappa shape index (κ3) is 4.39. The van der Waals surface area contributed by atoms with Gasteiger partial charge < -0.3 is 14.8 Å². The van der Waals surface area contributed by atoms with Gasteiger partial charge in [0.1, 0.15) is 23.4 Å². The van der Waals surface area contributed by atoms with Gasteiger partial charge in [0.15, 0.2) is 0 Å². The Morgan fingerprint density at radius 1 is 1.39 bits per heavy atom. The normalized spacial score (nSPS) is 13.6. The van der Waals surface area contributed by atoms with Gasteiger partial charge in [-0.05, 0) is 24.1 Å². The highest BCUT2D eigenvalue weighted by Gasteiger charge is 2.18. The first-order valence-electron chi connectivity index (χ1n) is 7.75. The fraction of sp³-hybridized carbons (Fsp3) is 0.389. The molecular formula is C18H24N2O2S. The Bertz CT molecular complexity index is 637. The third-order valence-electron chi connectivity index (χ3n) is 3.84. The summed E-state index contributed by atoms with van der Waals surface area (Å²) < 4.78 is 5.17. The molecule has 2 unspecified atom stereocenters. The van der Waals surface area contributed by atoms with Crippen LogP contribution in [0.5, 0.6) is 5.75 Å². The molecular weight excluding hydrogens is 308 g/mol. The van der Waals surface area contributed by atoms with Gasteiger partial charge in [-0.2, -0.15) is 0 Å². The van der Waals surface area contributed by atoms with Crippen molar-refractivity contribution in [2.24, 2.45) is 0 Å².